The highest BCUT2D eigenvalue weighted by Crippen LogP contribution is 2.20. The molecule has 25 heavy (non-hydrogen) atoms. The van der Waals surface area contributed by atoms with Crippen LogP contribution in [-0.4, -0.2) is 22.4 Å². The summed E-state index contributed by atoms with van der Waals surface area (Å²) < 4.78 is 1.36. The van der Waals surface area contributed by atoms with Gasteiger partial charge in [0, 0.05) is 18.3 Å². The number of thiophene rings is 1. The molecule has 0 aliphatic rings. The Morgan fingerprint density at radius 2 is 1.96 bits per heavy atom. The van der Waals surface area contributed by atoms with Crippen LogP contribution in [0.3, 0.4) is 0 Å². The monoisotopic (exact) mass is 354 g/mol. The topological polar surface area (TPSA) is 76.0 Å². The van der Waals surface area contributed by atoms with Crippen molar-refractivity contribution in [3.05, 3.63) is 69.8 Å². The summed E-state index contributed by atoms with van der Waals surface area (Å²) in [6.07, 6.45) is 0. The third kappa shape index (κ3) is 4.54. The lowest BCUT2D eigenvalue weighted by Crippen LogP contribution is -2.34. The Bertz CT molecular complexity index is 902. The maximum absolute atomic E-state index is 11.9. The average Bonchev–Trinajstić information content (AvgIpc) is 3.13. The molecule has 0 spiro atoms. The van der Waals surface area contributed by atoms with E-state index in [2.05, 4.69) is 15.7 Å². The van der Waals surface area contributed by atoms with Crippen molar-refractivity contribution in [2.75, 3.05) is 11.9 Å². The standard InChI is InChI=1S/C18H18N4O2S/c1-13-4-6-14(7-5-13)20-18(24)19-10-11-22-17(23)9-8-15(21-22)16-3-2-12-25-16/h2-9,12H,10-11H2,1H3,(H2,19,20,24). The summed E-state index contributed by atoms with van der Waals surface area (Å²) >= 11 is 1.56. The average molecular weight is 354 g/mol. The highest BCUT2D eigenvalue weighted by Gasteiger charge is 2.05. The summed E-state index contributed by atoms with van der Waals surface area (Å²) in [5, 5.41) is 11.8. The predicted octanol–water partition coefficient (Wildman–Crippen LogP) is 3.10. The van der Waals surface area contributed by atoms with Crippen LogP contribution in [0.5, 0.6) is 0 Å². The van der Waals surface area contributed by atoms with E-state index in [1.807, 2.05) is 48.7 Å². The van der Waals surface area contributed by atoms with Gasteiger partial charge in [0.2, 0.25) is 0 Å². The second-order valence-electron chi connectivity index (χ2n) is 5.50. The minimum atomic E-state index is -0.314. The Morgan fingerprint density at radius 3 is 2.68 bits per heavy atom. The minimum absolute atomic E-state index is 0.193. The van der Waals surface area contributed by atoms with E-state index < -0.39 is 0 Å². The molecule has 3 rings (SSSR count). The zero-order valence-electron chi connectivity index (χ0n) is 13.7. The third-order valence-electron chi connectivity index (χ3n) is 3.56. The minimum Gasteiger partial charge on any atom is -0.336 e. The SMILES string of the molecule is Cc1ccc(NC(=O)NCCn2nc(-c3cccs3)ccc2=O)cc1. The molecule has 0 saturated carbocycles. The molecular formula is C18H18N4O2S. The van der Waals surface area contributed by atoms with Gasteiger partial charge in [-0.05, 0) is 36.6 Å². The number of hydrogen-bond acceptors (Lipinski definition) is 4. The number of carbonyl (C=O) groups excluding carboxylic acids is 1. The highest BCUT2D eigenvalue weighted by molar-refractivity contribution is 7.13. The Labute approximate surface area is 149 Å². The largest absolute Gasteiger partial charge is 0.336 e. The van der Waals surface area contributed by atoms with Crippen LogP contribution in [0.1, 0.15) is 5.56 Å². The molecule has 1 aromatic carbocycles. The number of carbonyl (C=O) groups is 1. The van der Waals surface area contributed by atoms with E-state index in [0.717, 1.165) is 21.8 Å². The van der Waals surface area contributed by atoms with Crippen LogP contribution in [0.4, 0.5) is 10.5 Å². The quantitative estimate of drug-likeness (QED) is 0.739. The van der Waals surface area contributed by atoms with E-state index in [0.29, 0.717) is 13.1 Å². The number of urea groups is 1. The van der Waals surface area contributed by atoms with E-state index in [1.54, 1.807) is 17.4 Å². The summed E-state index contributed by atoms with van der Waals surface area (Å²) in [5.74, 6) is 0. The van der Waals surface area contributed by atoms with E-state index in [1.165, 1.54) is 10.7 Å². The second-order valence-corrected chi connectivity index (χ2v) is 6.45. The van der Waals surface area contributed by atoms with E-state index in [-0.39, 0.29) is 11.6 Å². The van der Waals surface area contributed by atoms with Gasteiger partial charge in [-0.2, -0.15) is 5.10 Å². The summed E-state index contributed by atoms with van der Waals surface area (Å²) in [7, 11) is 0. The Hall–Kier alpha value is -2.93. The van der Waals surface area contributed by atoms with Crippen LogP contribution < -0.4 is 16.2 Å². The Kier molecular flexibility index (Phi) is 5.25. The highest BCUT2D eigenvalue weighted by atomic mass is 32.1. The van der Waals surface area contributed by atoms with Crippen LogP contribution in [-0.2, 0) is 6.54 Å². The number of anilines is 1. The Balaban J connectivity index is 1.56. The van der Waals surface area contributed by atoms with E-state index >= 15 is 0 Å². The van der Waals surface area contributed by atoms with Crippen molar-refractivity contribution in [1.82, 2.24) is 15.1 Å². The van der Waals surface area contributed by atoms with Crippen molar-refractivity contribution >= 4 is 23.1 Å². The molecule has 0 radical (unpaired) electrons. The first-order valence-corrected chi connectivity index (χ1v) is 8.73. The molecule has 0 aliphatic heterocycles. The number of nitrogens with zero attached hydrogens (tertiary/aromatic N) is 2. The summed E-state index contributed by atoms with van der Waals surface area (Å²) in [6.45, 7) is 2.59. The number of aromatic nitrogens is 2. The van der Waals surface area contributed by atoms with Gasteiger partial charge in [0.15, 0.2) is 0 Å². The number of rotatable bonds is 5. The zero-order valence-corrected chi connectivity index (χ0v) is 14.5. The van der Waals surface area contributed by atoms with Crippen molar-refractivity contribution in [3.63, 3.8) is 0 Å². The molecule has 6 nitrogen and oxygen atoms in total. The van der Waals surface area contributed by atoms with Crippen molar-refractivity contribution in [3.8, 4) is 10.6 Å². The number of amides is 2. The summed E-state index contributed by atoms with van der Waals surface area (Å²) in [6, 6.07) is 14.3. The molecular weight excluding hydrogens is 336 g/mol. The molecule has 0 fully saturated rings. The molecule has 2 amide bonds. The van der Waals surface area contributed by atoms with Gasteiger partial charge in [-0.1, -0.05) is 23.8 Å². The maximum Gasteiger partial charge on any atom is 0.319 e. The van der Waals surface area contributed by atoms with Gasteiger partial charge in [0.05, 0.1) is 11.4 Å². The normalized spacial score (nSPS) is 10.4. The summed E-state index contributed by atoms with van der Waals surface area (Å²) in [4.78, 5) is 24.8. The lowest BCUT2D eigenvalue weighted by atomic mass is 10.2. The van der Waals surface area contributed by atoms with Crippen molar-refractivity contribution in [2.45, 2.75) is 13.5 Å². The third-order valence-corrected chi connectivity index (χ3v) is 4.45. The van der Waals surface area contributed by atoms with Gasteiger partial charge in [0.1, 0.15) is 5.69 Å². The van der Waals surface area contributed by atoms with Crippen LogP contribution in [0.15, 0.2) is 58.7 Å². The number of nitrogens with one attached hydrogen (secondary N) is 2. The molecule has 0 unspecified atom stereocenters. The van der Waals surface area contributed by atoms with E-state index in [4.69, 9.17) is 0 Å². The molecule has 2 heterocycles. The fourth-order valence-electron chi connectivity index (χ4n) is 2.25. The van der Waals surface area contributed by atoms with Crippen molar-refractivity contribution < 1.29 is 4.79 Å². The van der Waals surface area contributed by atoms with Gasteiger partial charge in [-0.15, -0.1) is 11.3 Å². The molecule has 2 N–H and O–H groups in total. The lowest BCUT2D eigenvalue weighted by Gasteiger charge is -2.09. The van der Waals surface area contributed by atoms with Gasteiger partial charge in [-0.3, -0.25) is 4.79 Å². The van der Waals surface area contributed by atoms with Gasteiger partial charge in [-0.25, -0.2) is 9.48 Å². The first-order valence-electron chi connectivity index (χ1n) is 7.85. The number of aryl methyl sites for hydroxylation is 1. The summed E-state index contributed by atoms with van der Waals surface area (Å²) in [5.41, 5.74) is 2.40. The first-order chi connectivity index (χ1) is 12.1. The van der Waals surface area contributed by atoms with Crippen LogP contribution >= 0.6 is 11.3 Å². The van der Waals surface area contributed by atoms with Crippen LogP contribution in [0.25, 0.3) is 10.6 Å². The molecule has 3 aromatic rings. The number of benzene rings is 1. The second kappa shape index (κ2) is 7.76. The van der Waals surface area contributed by atoms with Crippen LogP contribution in [0.2, 0.25) is 0 Å². The lowest BCUT2D eigenvalue weighted by molar-refractivity contribution is 0.251. The molecule has 0 bridgehead atoms. The predicted molar refractivity (Wildman–Crippen MR) is 100 cm³/mol. The smallest absolute Gasteiger partial charge is 0.319 e. The molecule has 2 aromatic heterocycles. The fraction of sp³-hybridized carbons (Fsp3) is 0.167. The van der Waals surface area contributed by atoms with E-state index in [9.17, 15) is 9.59 Å². The molecule has 0 aliphatic carbocycles. The first kappa shape index (κ1) is 16.9. The van der Waals surface area contributed by atoms with Gasteiger partial charge in [0.25, 0.3) is 5.56 Å². The van der Waals surface area contributed by atoms with Gasteiger partial charge < -0.3 is 10.6 Å². The molecule has 0 saturated heterocycles. The number of hydrogen-bond donors (Lipinski definition) is 2. The Morgan fingerprint density at radius 1 is 1.16 bits per heavy atom. The molecule has 0 atom stereocenters. The maximum atomic E-state index is 11.9. The molecule has 128 valence electrons. The van der Waals surface area contributed by atoms with Crippen LogP contribution in [0, 0.1) is 6.92 Å². The molecule has 7 heteroatoms. The zero-order chi connectivity index (χ0) is 17.6. The fourth-order valence-corrected chi connectivity index (χ4v) is 2.94. The van der Waals surface area contributed by atoms with Crippen molar-refractivity contribution in [1.29, 1.82) is 0 Å². The van der Waals surface area contributed by atoms with Crippen molar-refractivity contribution in [2.24, 2.45) is 0 Å². The van der Waals surface area contributed by atoms with Gasteiger partial charge >= 0.3 is 6.03 Å².